The van der Waals surface area contributed by atoms with E-state index < -0.39 is 10.6 Å². The Bertz CT molecular complexity index is 596. The van der Waals surface area contributed by atoms with Gasteiger partial charge in [-0.15, -0.1) is 0 Å². The van der Waals surface area contributed by atoms with Crippen molar-refractivity contribution in [3.8, 4) is 5.75 Å². The van der Waals surface area contributed by atoms with Gasteiger partial charge in [0.2, 0.25) is 16.6 Å². The zero-order chi connectivity index (χ0) is 14.4. The van der Waals surface area contributed by atoms with Gasteiger partial charge in [-0.05, 0) is 17.7 Å². The van der Waals surface area contributed by atoms with Crippen molar-refractivity contribution in [2.75, 3.05) is 0 Å². The van der Waals surface area contributed by atoms with E-state index in [9.17, 15) is 4.79 Å². The van der Waals surface area contributed by atoms with Gasteiger partial charge in [0.15, 0.2) is 0 Å². The third-order valence-corrected chi connectivity index (χ3v) is 3.44. The molecule has 2 rings (SSSR count). The van der Waals surface area contributed by atoms with Crippen molar-refractivity contribution >= 4 is 29.3 Å². The molecule has 20 heavy (non-hydrogen) atoms. The molecular formula is C15H11Cl2NO2. The number of nitrogens with zero attached hydrogens (tertiary/aromatic N) is 1. The number of para-hydroxylation sites is 1. The van der Waals surface area contributed by atoms with Crippen LogP contribution in [0.2, 0.25) is 0 Å². The molecule has 2 aromatic carbocycles. The van der Waals surface area contributed by atoms with Crippen LogP contribution in [-0.2, 0) is 9.13 Å². The fraction of sp³-hybridized carbons (Fsp3) is 0.133. The SMILES string of the molecule is O=C=NC(Oc1ccccc1)C(Cl)(Cl)c1ccccc1. The maximum atomic E-state index is 10.6. The molecule has 2 aromatic rings. The first kappa shape index (κ1) is 14.6. The van der Waals surface area contributed by atoms with Crippen LogP contribution >= 0.6 is 23.2 Å². The van der Waals surface area contributed by atoms with E-state index in [0.717, 1.165) is 0 Å². The van der Waals surface area contributed by atoms with Crippen molar-refractivity contribution in [3.63, 3.8) is 0 Å². The van der Waals surface area contributed by atoms with Crippen LogP contribution in [0.4, 0.5) is 0 Å². The molecule has 3 nitrogen and oxygen atoms in total. The summed E-state index contributed by atoms with van der Waals surface area (Å²) in [6.07, 6.45) is 0.355. The number of benzene rings is 2. The van der Waals surface area contributed by atoms with Gasteiger partial charge < -0.3 is 4.74 Å². The molecule has 0 aliphatic rings. The Kier molecular flexibility index (Phi) is 4.80. The summed E-state index contributed by atoms with van der Waals surface area (Å²) in [6, 6.07) is 17.8. The standard InChI is InChI=1S/C15H11Cl2NO2/c16-15(17,12-7-3-1-4-8-12)14(18-11-19)20-13-9-5-2-6-10-13/h1-10,14H. The summed E-state index contributed by atoms with van der Waals surface area (Å²) >= 11 is 12.6. The zero-order valence-electron chi connectivity index (χ0n) is 10.4. The molecule has 0 aliphatic heterocycles. The number of alkyl halides is 2. The van der Waals surface area contributed by atoms with E-state index >= 15 is 0 Å². The fourth-order valence-corrected chi connectivity index (χ4v) is 2.10. The Morgan fingerprint density at radius 2 is 1.55 bits per heavy atom. The summed E-state index contributed by atoms with van der Waals surface area (Å²) in [5.41, 5.74) is 0.586. The van der Waals surface area contributed by atoms with Crippen LogP contribution in [0.1, 0.15) is 5.56 Å². The van der Waals surface area contributed by atoms with Gasteiger partial charge in [0.05, 0.1) is 0 Å². The average Bonchev–Trinajstić information content (AvgIpc) is 2.49. The molecule has 102 valence electrons. The molecule has 0 heterocycles. The highest BCUT2D eigenvalue weighted by molar-refractivity contribution is 6.48. The van der Waals surface area contributed by atoms with Crippen LogP contribution in [0.5, 0.6) is 5.75 Å². The minimum atomic E-state index is -1.49. The maximum absolute atomic E-state index is 10.6. The molecule has 0 radical (unpaired) electrons. The number of aliphatic imine (C=N–C) groups is 1. The van der Waals surface area contributed by atoms with Gasteiger partial charge in [-0.25, -0.2) is 4.79 Å². The van der Waals surface area contributed by atoms with E-state index in [-0.39, 0.29) is 0 Å². The van der Waals surface area contributed by atoms with Crippen LogP contribution in [0.15, 0.2) is 65.7 Å². The number of halogens is 2. The van der Waals surface area contributed by atoms with Crippen LogP contribution in [0.3, 0.4) is 0 Å². The second-order valence-electron chi connectivity index (χ2n) is 3.99. The van der Waals surface area contributed by atoms with E-state index in [4.69, 9.17) is 27.9 Å². The zero-order valence-corrected chi connectivity index (χ0v) is 11.9. The second-order valence-corrected chi connectivity index (χ2v) is 5.38. The van der Waals surface area contributed by atoms with Crippen LogP contribution in [0, 0.1) is 0 Å². The summed E-state index contributed by atoms with van der Waals surface area (Å²) in [5.74, 6) is 0.512. The molecule has 0 bridgehead atoms. The topological polar surface area (TPSA) is 38.7 Å². The largest absolute Gasteiger partial charge is 0.464 e. The highest BCUT2D eigenvalue weighted by Gasteiger charge is 2.39. The quantitative estimate of drug-likeness (QED) is 0.475. The normalized spacial score (nSPS) is 12.3. The number of hydrogen-bond acceptors (Lipinski definition) is 3. The smallest absolute Gasteiger partial charge is 0.238 e. The molecular weight excluding hydrogens is 297 g/mol. The van der Waals surface area contributed by atoms with Gasteiger partial charge in [0.25, 0.3) is 0 Å². The highest BCUT2D eigenvalue weighted by Crippen LogP contribution is 2.39. The third-order valence-electron chi connectivity index (χ3n) is 2.63. The van der Waals surface area contributed by atoms with E-state index in [2.05, 4.69) is 4.99 Å². The van der Waals surface area contributed by atoms with Crippen LogP contribution in [-0.4, -0.2) is 12.3 Å². The predicted molar refractivity (Wildman–Crippen MR) is 78.8 cm³/mol. The Balaban J connectivity index is 2.31. The number of isocyanates is 1. The molecule has 0 aromatic heterocycles. The molecule has 0 aliphatic carbocycles. The van der Waals surface area contributed by atoms with Crippen molar-refractivity contribution in [1.29, 1.82) is 0 Å². The molecule has 0 fully saturated rings. The van der Waals surface area contributed by atoms with Crippen molar-refractivity contribution in [1.82, 2.24) is 0 Å². The summed E-state index contributed by atoms with van der Waals surface area (Å²) in [7, 11) is 0. The first-order valence-electron chi connectivity index (χ1n) is 5.86. The maximum Gasteiger partial charge on any atom is 0.238 e. The minimum Gasteiger partial charge on any atom is -0.464 e. The van der Waals surface area contributed by atoms with Crippen molar-refractivity contribution < 1.29 is 9.53 Å². The lowest BCUT2D eigenvalue weighted by Gasteiger charge is -2.26. The second kappa shape index (κ2) is 6.58. The van der Waals surface area contributed by atoms with Crippen molar-refractivity contribution in [2.45, 2.75) is 10.6 Å². The minimum absolute atomic E-state index is 0.512. The van der Waals surface area contributed by atoms with Gasteiger partial charge in [-0.3, -0.25) is 0 Å². The fourth-order valence-electron chi connectivity index (χ4n) is 1.66. The summed E-state index contributed by atoms with van der Waals surface area (Å²) in [4.78, 5) is 14.2. The first-order chi connectivity index (χ1) is 9.64. The lowest BCUT2D eigenvalue weighted by molar-refractivity contribution is 0.191. The van der Waals surface area contributed by atoms with Gasteiger partial charge in [-0.2, -0.15) is 4.99 Å². The Labute approximate surface area is 126 Å². The van der Waals surface area contributed by atoms with E-state index in [1.54, 1.807) is 48.5 Å². The number of hydrogen-bond donors (Lipinski definition) is 0. The Morgan fingerprint density at radius 1 is 1.00 bits per heavy atom. The van der Waals surface area contributed by atoms with Crippen LogP contribution in [0.25, 0.3) is 0 Å². The Hall–Kier alpha value is -1.80. The third kappa shape index (κ3) is 3.40. The van der Waals surface area contributed by atoms with E-state index in [1.807, 2.05) is 12.1 Å². The average molecular weight is 308 g/mol. The molecule has 0 saturated carbocycles. The molecule has 0 saturated heterocycles. The van der Waals surface area contributed by atoms with Gasteiger partial charge in [0.1, 0.15) is 5.75 Å². The van der Waals surface area contributed by atoms with Gasteiger partial charge in [0, 0.05) is 0 Å². The van der Waals surface area contributed by atoms with Crippen LogP contribution < -0.4 is 4.74 Å². The molecule has 1 unspecified atom stereocenters. The van der Waals surface area contributed by atoms with Crippen molar-refractivity contribution in [3.05, 3.63) is 66.2 Å². The lowest BCUT2D eigenvalue weighted by atomic mass is 10.1. The highest BCUT2D eigenvalue weighted by atomic mass is 35.5. The Morgan fingerprint density at radius 3 is 2.10 bits per heavy atom. The van der Waals surface area contributed by atoms with E-state index in [1.165, 1.54) is 6.08 Å². The van der Waals surface area contributed by atoms with Gasteiger partial charge in [-0.1, -0.05) is 71.7 Å². The molecule has 0 amide bonds. The summed E-state index contributed by atoms with van der Waals surface area (Å²) in [6.45, 7) is 0. The monoisotopic (exact) mass is 307 g/mol. The lowest BCUT2D eigenvalue weighted by Crippen LogP contribution is -2.32. The van der Waals surface area contributed by atoms with Crippen molar-refractivity contribution in [2.24, 2.45) is 4.99 Å². The summed E-state index contributed by atoms with van der Waals surface area (Å²) in [5, 5.41) is 0. The number of carbonyl (C=O) groups excluding carboxylic acids is 1. The van der Waals surface area contributed by atoms with Gasteiger partial charge >= 0.3 is 0 Å². The molecule has 0 N–H and O–H groups in total. The molecule has 1 atom stereocenters. The predicted octanol–water partition coefficient (Wildman–Crippen LogP) is 4.06. The number of ether oxygens (including phenoxy) is 1. The summed E-state index contributed by atoms with van der Waals surface area (Å²) < 4.78 is 4.09. The first-order valence-corrected chi connectivity index (χ1v) is 6.62. The van der Waals surface area contributed by atoms with E-state index in [0.29, 0.717) is 11.3 Å². The number of rotatable bonds is 5. The molecule has 5 heteroatoms. The molecule has 0 spiro atoms.